The lowest BCUT2D eigenvalue weighted by atomic mass is 9.99. The van der Waals surface area contributed by atoms with Crippen LogP contribution in [0.3, 0.4) is 0 Å². The molecule has 2 fully saturated rings. The Morgan fingerprint density at radius 1 is 1.06 bits per heavy atom. The van der Waals surface area contributed by atoms with Crippen molar-refractivity contribution in [3.05, 3.63) is 47.3 Å². The summed E-state index contributed by atoms with van der Waals surface area (Å²) in [4.78, 5) is 32.6. The maximum atomic E-state index is 13.0. The molecule has 1 aromatic carbocycles. The number of likely N-dealkylation sites (N-methyl/N-ethyl adjacent to an activating group) is 1. The molecule has 0 bridgehead atoms. The molecular formula is C24H34N6O2. The quantitative estimate of drug-likeness (QED) is 0.775. The van der Waals surface area contributed by atoms with E-state index in [0.717, 1.165) is 64.2 Å². The molecule has 0 radical (unpaired) electrons. The van der Waals surface area contributed by atoms with Gasteiger partial charge in [0.15, 0.2) is 5.69 Å². The molecule has 2 aromatic rings. The zero-order valence-corrected chi connectivity index (χ0v) is 19.4. The van der Waals surface area contributed by atoms with Gasteiger partial charge >= 0.3 is 0 Å². The Bertz CT molecular complexity index is 955. The lowest BCUT2D eigenvalue weighted by molar-refractivity contribution is 0.0691. The van der Waals surface area contributed by atoms with Gasteiger partial charge in [-0.25, -0.2) is 0 Å². The number of likely N-dealkylation sites (tertiary alicyclic amines) is 1. The zero-order chi connectivity index (χ0) is 22.7. The smallest absolute Gasteiger partial charge is 0.276 e. The van der Waals surface area contributed by atoms with Crippen LogP contribution in [0.5, 0.6) is 0 Å². The second-order valence-electron chi connectivity index (χ2n) is 9.27. The second kappa shape index (κ2) is 9.83. The lowest BCUT2D eigenvalue weighted by Gasteiger charge is -2.32. The summed E-state index contributed by atoms with van der Waals surface area (Å²) in [6, 6.07) is 7.74. The summed E-state index contributed by atoms with van der Waals surface area (Å²) >= 11 is 0. The largest absolute Gasteiger partial charge is 0.337 e. The molecule has 2 amide bonds. The van der Waals surface area contributed by atoms with Crippen molar-refractivity contribution in [1.29, 1.82) is 0 Å². The number of nitrogens with zero attached hydrogens (tertiary/aromatic N) is 5. The van der Waals surface area contributed by atoms with Crippen molar-refractivity contribution in [2.45, 2.75) is 26.3 Å². The summed E-state index contributed by atoms with van der Waals surface area (Å²) < 4.78 is 1.58. The van der Waals surface area contributed by atoms with Crippen molar-refractivity contribution in [2.24, 2.45) is 13.0 Å². The molecule has 172 valence electrons. The second-order valence-corrected chi connectivity index (χ2v) is 9.27. The van der Waals surface area contributed by atoms with Crippen LogP contribution in [0, 0.1) is 5.92 Å². The molecule has 4 rings (SSSR count). The normalized spacial score (nSPS) is 18.7. The third-order valence-electron chi connectivity index (χ3n) is 6.54. The van der Waals surface area contributed by atoms with Gasteiger partial charge in [0, 0.05) is 64.6 Å². The predicted molar refractivity (Wildman–Crippen MR) is 125 cm³/mol. The van der Waals surface area contributed by atoms with E-state index >= 15 is 0 Å². The van der Waals surface area contributed by atoms with Crippen LogP contribution >= 0.6 is 0 Å². The van der Waals surface area contributed by atoms with E-state index in [0.29, 0.717) is 22.9 Å². The molecule has 0 unspecified atom stereocenters. The number of benzene rings is 1. The number of hydrogen-bond donors (Lipinski definition) is 1. The number of aromatic nitrogens is 2. The highest BCUT2D eigenvalue weighted by Crippen LogP contribution is 2.22. The lowest BCUT2D eigenvalue weighted by Crippen LogP contribution is -2.43. The molecule has 8 nitrogen and oxygen atoms in total. The Balaban J connectivity index is 1.43. The fourth-order valence-corrected chi connectivity index (χ4v) is 4.37. The number of anilines is 1. The third-order valence-corrected chi connectivity index (χ3v) is 6.54. The third kappa shape index (κ3) is 5.37. The van der Waals surface area contributed by atoms with Crippen LogP contribution in [0.1, 0.15) is 46.2 Å². The number of piperidine rings is 1. The molecule has 2 aliphatic rings. The van der Waals surface area contributed by atoms with E-state index in [2.05, 4.69) is 40.3 Å². The number of carbonyl (C=O) groups excluding carboxylic acids is 2. The molecule has 2 aliphatic heterocycles. The van der Waals surface area contributed by atoms with Gasteiger partial charge in [-0.1, -0.05) is 19.1 Å². The van der Waals surface area contributed by atoms with Crippen LogP contribution in [0.15, 0.2) is 30.5 Å². The van der Waals surface area contributed by atoms with Gasteiger partial charge in [-0.2, -0.15) is 5.10 Å². The highest BCUT2D eigenvalue weighted by molar-refractivity contribution is 6.08. The minimum Gasteiger partial charge on any atom is -0.337 e. The maximum Gasteiger partial charge on any atom is 0.276 e. The van der Waals surface area contributed by atoms with E-state index in [1.54, 1.807) is 17.9 Å². The summed E-state index contributed by atoms with van der Waals surface area (Å²) in [5.41, 5.74) is 2.48. The fraction of sp³-hybridized carbons (Fsp3) is 0.542. The van der Waals surface area contributed by atoms with Gasteiger partial charge < -0.3 is 15.1 Å². The van der Waals surface area contributed by atoms with Gasteiger partial charge in [0.25, 0.3) is 11.8 Å². The molecule has 0 aliphatic carbocycles. The first kappa shape index (κ1) is 22.5. The number of rotatable bonds is 5. The molecule has 8 heteroatoms. The summed E-state index contributed by atoms with van der Waals surface area (Å²) in [5.74, 6) is 0.302. The highest BCUT2D eigenvalue weighted by Gasteiger charge is 2.26. The molecule has 1 aromatic heterocycles. The number of aryl methyl sites for hydroxylation is 1. The van der Waals surface area contributed by atoms with Gasteiger partial charge in [0.1, 0.15) is 0 Å². The molecular weight excluding hydrogens is 404 g/mol. The first-order valence-corrected chi connectivity index (χ1v) is 11.5. The number of nitrogens with one attached hydrogen (secondary N) is 1. The van der Waals surface area contributed by atoms with Gasteiger partial charge in [-0.15, -0.1) is 0 Å². The SMILES string of the molecule is CC1CCN(C(=O)c2nn(C)cc2NC(=O)c2cccc(CN3CCN(C)CC3)c2)CC1. The van der Waals surface area contributed by atoms with Crippen LogP contribution in [-0.4, -0.2) is 82.6 Å². The van der Waals surface area contributed by atoms with Crippen molar-refractivity contribution in [3.8, 4) is 0 Å². The fourth-order valence-electron chi connectivity index (χ4n) is 4.37. The van der Waals surface area contributed by atoms with Gasteiger partial charge in [0.05, 0.1) is 5.69 Å². The molecule has 3 heterocycles. The predicted octanol–water partition coefficient (Wildman–Crippen LogP) is 2.29. The molecule has 0 atom stereocenters. The highest BCUT2D eigenvalue weighted by atomic mass is 16.2. The standard InChI is InChI=1S/C24H34N6O2/c1-18-7-9-30(10-8-18)24(32)22-21(17-28(3)26-22)25-23(31)20-6-4-5-19(15-20)16-29-13-11-27(2)12-14-29/h4-6,15,17-18H,7-14,16H2,1-3H3,(H,25,31). The number of amides is 2. The van der Waals surface area contributed by atoms with Gasteiger partial charge in [0.2, 0.25) is 0 Å². The Labute approximate surface area is 190 Å². The summed E-state index contributed by atoms with van der Waals surface area (Å²) in [5, 5.41) is 7.28. The average molecular weight is 439 g/mol. The van der Waals surface area contributed by atoms with Crippen LogP contribution < -0.4 is 5.32 Å². The number of hydrogen-bond acceptors (Lipinski definition) is 5. The van der Waals surface area contributed by atoms with Gasteiger partial charge in [-0.05, 0) is 43.5 Å². The van der Waals surface area contributed by atoms with Crippen molar-refractivity contribution >= 4 is 17.5 Å². The van der Waals surface area contributed by atoms with E-state index in [1.807, 2.05) is 23.1 Å². The average Bonchev–Trinajstić information content (AvgIpc) is 3.15. The number of carbonyl (C=O) groups is 2. The molecule has 0 spiro atoms. The van der Waals surface area contributed by atoms with Crippen molar-refractivity contribution in [1.82, 2.24) is 24.5 Å². The minimum atomic E-state index is -0.223. The first-order valence-electron chi connectivity index (χ1n) is 11.5. The van der Waals surface area contributed by atoms with E-state index in [-0.39, 0.29) is 11.8 Å². The maximum absolute atomic E-state index is 13.0. The van der Waals surface area contributed by atoms with Gasteiger partial charge in [-0.3, -0.25) is 19.2 Å². The van der Waals surface area contributed by atoms with Crippen molar-refractivity contribution in [2.75, 3.05) is 51.6 Å². The zero-order valence-electron chi connectivity index (χ0n) is 19.4. The Morgan fingerprint density at radius 2 is 1.78 bits per heavy atom. The monoisotopic (exact) mass is 438 g/mol. The van der Waals surface area contributed by atoms with Crippen LogP contribution in [-0.2, 0) is 13.6 Å². The minimum absolute atomic E-state index is 0.114. The van der Waals surface area contributed by atoms with Crippen LogP contribution in [0.4, 0.5) is 5.69 Å². The van der Waals surface area contributed by atoms with E-state index in [4.69, 9.17) is 0 Å². The summed E-state index contributed by atoms with van der Waals surface area (Å²) in [7, 11) is 3.91. The molecule has 32 heavy (non-hydrogen) atoms. The summed E-state index contributed by atoms with van der Waals surface area (Å²) in [6.07, 6.45) is 3.70. The van der Waals surface area contributed by atoms with E-state index in [1.165, 1.54) is 0 Å². The first-order chi connectivity index (χ1) is 15.4. The topological polar surface area (TPSA) is 73.7 Å². The Morgan fingerprint density at radius 3 is 2.50 bits per heavy atom. The van der Waals surface area contributed by atoms with E-state index < -0.39 is 0 Å². The van der Waals surface area contributed by atoms with E-state index in [9.17, 15) is 9.59 Å². The number of piperazine rings is 1. The van der Waals surface area contributed by atoms with Crippen molar-refractivity contribution < 1.29 is 9.59 Å². The van der Waals surface area contributed by atoms with Crippen LogP contribution in [0.2, 0.25) is 0 Å². The Kier molecular flexibility index (Phi) is 6.91. The van der Waals surface area contributed by atoms with Crippen LogP contribution in [0.25, 0.3) is 0 Å². The molecule has 1 N–H and O–H groups in total. The Hall–Kier alpha value is -2.71. The summed E-state index contributed by atoms with van der Waals surface area (Å²) in [6.45, 7) is 8.70. The van der Waals surface area contributed by atoms with Crippen molar-refractivity contribution in [3.63, 3.8) is 0 Å². The molecule has 0 saturated carbocycles. The molecule has 2 saturated heterocycles.